The van der Waals surface area contributed by atoms with E-state index in [1.807, 2.05) is 0 Å². The van der Waals surface area contributed by atoms with Crippen molar-refractivity contribution in [3.8, 4) is 11.5 Å². The quantitative estimate of drug-likeness (QED) is 0.431. The van der Waals surface area contributed by atoms with E-state index < -0.39 is 11.8 Å². The number of halogens is 1. The highest BCUT2D eigenvalue weighted by Crippen LogP contribution is 2.40. The number of thiophene rings is 1. The maximum absolute atomic E-state index is 14.6. The van der Waals surface area contributed by atoms with Gasteiger partial charge in [-0.05, 0) is 13.0 Å². The molecule has 1 aromatic heterocycles. The summed E-state index contributed by atoms with van der Waals surface area (Å²) in [7, 11) is 2.64. The van der Waals surface area contributed by atoms with Gasteiger partial charge in [0.1, 0.15) is 0 Å². The van der Waals surface area contributed by atoms with E-state index in [0.717, 1.165) is 11.3 Å². The van der Waals surface area contributed by atoms with Crippen molar-refractivity contribution in [2.45, 2.75) is 13.3 Å². The largest absolute Gasteiger partial charge is 0.493 e. The van der Waals surface area contributed by atoms with Crippen LogP contribution in [0, 0.1) is 5.82 Å². The Hall–Kier alpha value is -2.41. The van der Waals surface area contributed by atoms with E-state index in [0.29, 0.717) is 9.58 Å². The molecule has 0 saturated carbocycles. The summed E-state index contributed by atoms with van der Waals surface area (Å²) in [6, 6.07) is 3.07. The van der Waals surface area contributed by atoms with Gasteiger partial charge in [0.25, 0.3) is 0 Å². The molecule has 0 amide bonds. The number of fused-ring (bicyclic) bond motifs is 1. The van der Waals surface area contributed by atoms with Crippen molar-refractivity contribution in [2.75, 3.05) is 20.8 Å². The lowest BCUT2D eigenvalue weighted by molar-refractivity contribution is -0.136. The number of rotatable bonds is 7. The fourth-order valence-electron chi connectivity index (χ4n) is 2.16. The number of methoxy groups -OCH3 is 2. The van der Waals surface area contributed by atoms with Crippen LogP contribution in [0.25, 0.3) is 10.1 Å². The topological polar surface area (TPSA) is 61.8 Å². The minimum absolute atomic E-state index is 0.0169. The van der Waals surface area contributed by atoms with Crippen LogP contribution in [0.15, 0.2) is 24.3 Å². The third-order valence-corrected chi connectivity index (χ3v) is 4.44. The summed E-state index contributed by atoms with van der Waals surface area (Å²) in [4.78, 5) is 23.9. The summed E-state index contributed by atoms with van der Waals surface area (Å²) < 4.78 is 30.1. The molecule has 0 atom stereocenters. The van der Waals surface area contributed by atoms with Crippen molar-refractivity contribution < 1.29 is 28.2 Å². The second kappa shape index (κ2) is 7.44. The molecule has 0 radical (unpaired) electrons. The minimum Gasteiger partial charge on any atom is -0.493 e. The van der Waals surface area contributed by atoms with E-state index in [1.165, 1.54) is 20.3 Å². The number of carbonyl (C=O) groups excluding carboxylic acids is 2. The molecule has 0 aliphatic rings. The van der Waals surface area contributed by atoms with Crippen LogP contribution in [0.3, 0.4) is 0 Å². The Kier molecular flexibility index (Phi) is 5.56. The summed E-state index contributed by atoms with van der Waals surface area (Å²) in [6.45, 7) is 5.55. The van der Waals surface area contributed by atoms with E-state index in [9.17, 15) is 14.0 Å². The first-order valence-electron chi connectivity index (χ1n) is 7.15. The summed E-state index contributed by atoms with van der Waals surface area (Å²) in [5, 5.41) is 0.274. The Morgan fingerprint density at radius 2 is 2.00 bits per heavy atom. The van der Waals surface area contributed by atoms with Crippen LogP contribution < -0.4 is 9.47 Å². The first kappa shape index (κ1) is 17.9. The molecule has 0 fully saturated rings. The summed E-state index contributed by atoms with van der Waals surface area (Å²) >= 11 is 1.12. The predicted octanol–water partition coefficient (Wildman–Crippen LogP) is 3.75. The highest BCUT2D eigenvalue weighted by Gasteiger charge is 2.21. The smallest absolute Gasteiger partial charge is 0.333 e. The third-order valence-electron chi connectivity index (χ3n) is 3.31. The third kappa shape index (κ3) is 3.41. The molecule has 1 heterocycles. The Morgan fingerprint density at radius 1 is 1.29 bits per heavy atom. The van der Waals surface area contributed by atoms with Gasteiger partial charge in [-0.15, -0.1) is 11.3 Å². The van der Waals surface area contributed by atoms with Gasteiger partial charge in [-0.1, -0.05) is 6.58 Å². The normalized spacial score (nSPS) is 10.5. The maximum atomic E-state index is 14.6. The molecule has 0 saturated heterocycles. The molecule has 7 heteroatoms. The molecule has 128 valence electrons. The number of carbonyl (C=O) groups is 2. The minimum atomic E-state index is -0.643. The van der Waals surface area contributed by atoms with Crippen LogP contribution >= 0.6 is 11.3 Å². The first-order valence-corrected chi connectivity index (χ1v) is 7.96. The number of esters is 1. The van der Waals surface area contributed by atoms with Crippen LogP contribution in [0.5, 0.6) is 11.5 Å². The number of ether oxygens (including phenoxy) is 3. The summed E-state index contributed by atoms with van der Waals surface area (Å²) in [5.41, 5.74) is 0.0491. The average Bonchev–Trinajstić information content (AvgIpc) is 3.00. The van der Waals surface area contributed by atoms with Crippen molar-refractivity contribution in [1.29, 1.82) is 0 Å². The zero-order valence-corrected chi connectivity index (χ0v) is 14.4. The summed E-state index contributed by atoms with van der Waals surface area (Å²) in [5.74, 6) is -1.27. The molecule has 0 aliphatic carbocycles. The lowest BCUT2D eigenvalue weighted by Crippen LogP contribution is -2.08. The van der Waals surface area contributed by atoms with E-state index in [1.54, 1.807) is 13.0 Å². The Bertz CT molecular complexity index is 809. The molecule has 0 N–H and O–H groups in total. The van der Waals surface area contributed by atoms with E-state index in [-0.39, 0.29) is 41.3 Å². The van der Waals surface area contributed by atoms with Crippen LogP contribution in [0.1, 0.15) is 23.0 Å². The van der Waals surface area contributed by atoms with Gasteiger partial charge in [-0.25, -0.2) is 9.18 Å². The van der Waals surface area contributed by atoms with Crippen LogP contribution in [0.4, 0.5) is 4.39 Å². The maximum Gasteiger partial charge on any atom is 0.333 e. The monoisotopic (exact) mass is 352 g/mol. The second-order valence-corrected chi connectivity index (χ2v) is 5.96. The van der Waals surface area contributed by atoms with Gasteiger partial charge in [0.2, 0.25) is 0 Å². The molecule has 24 heavy (non-hydrogen) atoms. The first-order chi connectivity index (χ1) is 11.4. The number of ketones is 1. The molecular formula is C17H17FO5S. The van der Waals surface area contributed by atoms with Gasteiger partial charge in [0.05, 0.1) is 25.7 Å². The molecule has 2 rings (SSSR count). The average molecular weight is 352 g/mol. The Labute approximate surface area is 142 Å². The van der Waals surface area contributed by atoms with Crippen molar-refractivity contribution in [3.63, 3.8) is 0 Å². The second-order valence-electron chi connectivity index (χ2n) is 4.87. The van der Waals surface area contributed by atoms with E-state index >= 15 is 0 Å². The fourth-order valence-corrected chi connectivity index (χ4v) is 3.19. The molecule has 0 spiro atoms. The van der Waals surface area contributed by atoms with Crippen LogP contribution in [0.2, 0.25) is 0 Å². The highest BCUT2D eigenvalue weighted by atomic mass is 32.1. The van der Waals surface area contributed by atoms with Crippen LogP contribution in [-0.4, -0.2) is 32.6 Å². The lowest BCUT2D eigenvalue weighted by atomic mass is 10.1. The number of hydrogen-bond acceptors (Lipinski definition) is 6. The zero-order valence-electron chi connectivity index (χ0n) is 13.6. The SMILES string of the molecule is C=C(CC(=O)c1cc2c(F)c(OCC)c(OC)cc2s1)C(=O)OC. The molecule has 5 nitrogen and oxygen atoms in total. The molecule has 1 aromatic carbocycles. The number of benzene rings is 1. The van der Waals surface area contributed by atoms with Gasteiger partial charge in [-0.3, -0.25) is 4.79 Å². The van der Waals surface area contributed by atoms with Gasteiger partial charge in [0, 0.05) is 28.1 Å². The van der Waals surface area contributed by atoms with Gasteiger partial charge in [-0.2, -0.15) is 0 Å². The van der Waals surface area contributed by atoms with Crippen molar-refractivity contribution in [1.82, 2.24) is 0 Å². The highest BCUT2D eigenvalue weighted by molar-refractivity contribution is 7.20. The van der Waals surface area contributed by atoms with E-state index in [2.05, 4.69) is 11.3 Å². The number of Topliss-reactive ketones (excluding diaryl/α,β-unsaturated/α-hetero) is 1. The van der Waals surface area contributed by atoms with Crippen molar-refractivity contribution >= 4 is 33.2 Å². The lowest BCUT2D eigenvalue weighted by Gasteiger charge is -2.10. The van der Waals surface area contributed by atoms with Gasteiger partial charge in [0.15, 0.2) is 23.1 Å². The van der Waals surface area contributed by atoms with E-state index in [4.69, 9.17) is 9.47 Å². The van der Waals surface area contributed by atoms with Crippen molar-refractivity contribution in [3.05, 3.63) is 35.0 Å². The van der Waals surface area contributed by atoms with Gasteiger partial charge < -0.3 is 14.2 Å². The Morgan fingerprint density at radius 3 is 2.58 bits per heavy atom. The van der Waals surface area contributed by atoms with Crippen molar-refractivity contribution in [2.24, 2.45) is 0 Å². The van der Waals surface area contributed by atoms with Gasteiger partial charge >= 0.3 is 5.97 Å². The summed E-state index contributed by atoms with van der Waals surface area (Å²) in [6.07, 6.45) is -0.184. The zero-order chi connectivity index (χ0) is 17.9. The standard InChI is InChI=1S/C17H17FO5S/c1-5-23-16-12(21-3)8-13-10(15(16)18)7-14(24-13)11(19)6-9(2)17(20)22-4/h7-8H,2,5-6H2,1,3-4H3. The predicted molar refractivity (Wildman–Crippen MR) is 89.6 cm³/mol. The fraction of sp³-hybridized carbons (Fsp3) is 0.294. The molecule has 0 bridgehead atoms. The van der Waals surface area contributed by atoms with Crippen LogP contribution in [-0.2, 0) is 9.53 Å². The Balaban J connectivity index is 2.40. The number of hydrogen-bond donors (Lipinski definition) is 0. The molecule has 0 aliphatic heterocycles. The molecule has 2 aromatic rings. The molecular weight excluding hydrogens is 335 g/mol. The molecule has 0 unspecified atom stereocenters.